The van der Waals surface area contributed by atoms with Crippen LogP contribution in [-0.4, -0.2) is 46.4 Å². The molecular formula is C12H13N3O5. The monoisotopic (exact) mass is 279 g/mol. The first-order chi connectivity index (χ1) is 9.40. The van der Waals surface area contributed by atoms with Crippen molar-refractivity contribution in [3.05, 3.63) is 33.9 Å². The van der Waals surface area contributed by atoms with Crippen LogP contribution < -0.4 is 5.32 Å². The van der Waals surface area contributed by atoms with Crippen LogP contribution in [-0.2, 0) is 4.79 Å². The van der Waals surface area contributed by atoms with Gasteiger partial charge >= 0.3 is 5.97 Å². The van der Waals surface area contributed by atoms with Gasteiger partial charge in [0.15, 0.2) is 0 Å². The van der Waals surface area contributed by atoms with E-state index in [4.69, 9.17) is 5.11 Å². The minimum Gasteiger partial charge on any atom is -0.478 e. The largest absolute Gasteiger partial charge is 0.478 e. The van der Waals surface area contributed by atoms with Gasteiger partial charge in [0.05, 0.1) is 16.2 Å². The maximum absolute atomic E-state index is 11.8. The number of carboxylic acids is 1. The van der Waals surface area contributed by atoms with E-state index in [-0.39, 0.29) is 22.8 Å². The number of carboxylic acid groups (broad SMARTS) is 1. The number of aromatic carboxylic acids is 1. The van der Waals surface area contributed by atoms with E-state index >= 15 is 0 Å². The summed E-state index contributed by atoms with van der Waals surface area (Å²) in [5.41, 5.74) is -0.241. The first-order valence-electron chi connectivity index (χ1n) is 5.93. The molecule has 20 heavy (non-hydrogen) atoms. The summed E-state index contributed by atoms with van der Waals surface area (Å²) in [4.78, 5) is 34.6. The van der Waals surface area contributed by atoms with Crippen molar-refractivity contribution >= 4 is 23.3 Å². The molecule has 0 spiro atoms. The molecule has 1 heterocycles. The van der Waals surface area contributed by atoms with Gasteiger partial charge in [0.1, 0.15) is 6.04 Å². The first-order valence-corrected chi connectivity index (χ1v) is 5.93. The van der Waals surface area contributed by atoms with Crippen molar-refractivity contribution in [3.8, 4) is 0 Å². The number of hydrogen-bond donors (Lipinski definition) is 2. The maximum atomic E-state index is 11.8. The summed E-state index contributed by atoms with van der Waals surface area (Å²) in [6.45, 7) is 0.563. The lowest BCUT2D eigenvalue weighted by atomic mass is 10.1. The molecule has 2 N–H and O–H groups in total. The zero-order valence-corrected chi connectivity index (χ0v) is 10.7. The average molecular weight is 279 g/mol. The number of carbonyl (C=O) groups excluding carboxylic acids is 1. The highest BCUT2D eigenvalue weighted by Gasteiger charge is 2.30. The lowest BCUT2D eigenvalue weighted by Crippen LogP contribution is -2.31. The fourth-order valence-corrected chi connectivity index (χ4v) is 2.10. The third-order valence-electron chi connectivity index (χ3n) is 3.20. The molecule has 1 amide bonds. The summed E-state index contributed by atoms with van der Waals surface area (Å²) < 4.78 is 0. The number of hydrogen-bond acceptors (Lipinski definition) is 5. The van der Waals surface area contributed by atoms with E-state index < -0.39 is 16.9 Å². The number of amides is 1. The summed E-state index contributed by atoms with van der Waals surface area (Å²) in [7, 11) is 1.65. The number of anilines is 1. The zero-order valence-electron chi connectivity index (χ0n) is 10.7. The molecule has 1 aromatic carbocycles. The second-order valence-corrected chi connectivity index (χ2v) is 4.54. The summed E-state index contributed by atoms with van der Waals surface area (Å²) in [5.74, 6) is -1.37. The van der Waals surface area contributed by atoms with Gasteiger partial charge in [-0.25, -0.2) is 4.79 Å². The highest BCUT2D eigenvalue weighted by Crippen LogP contribution is 2.25. The molecule has 1 fully saturated rings. The lowest BCUT2D eigenvalue weighted by Gasteiger charge is -2.15. The van der Waals surface area contributed by atoms with Crippen LogP contribution in [0.2, 0.25) is 0 Å². The van der Waals surface area contributed by atoms with E-state index in [1.54, 1.807) is 7.05 Å². The van der Waals surface area contributed by atoms with Crippen molar-refractivity contribution in [2.24, 2.45) is 0 Å². The van der Waals surface area contributed by atoms with Crippen molar-refractivity contribution in [1.82, 2.24) is 4.90 Å². The maximum Gasteiger partial charge on any atom is 0.337 e. The van der Waals surface area contributed by atoms with Gasteiger partial charge in [-0.3, -0.25) is 14.9 Å². The number of benzene rings is 1. The molecule has 0 saturated carbocycles. The highest BCUT2D eigenvalue weighted by molar-refractivity contribution is 5.96. The minimum atomic E-state index is -1.21. The number of nitro benzene ring substituents is 1. The normalized spacial score (nSPS) is 18.1. The van der Waals surface area contributed by atoms with Crippen molar-refractivity contribution in [1.29, 1.82) is 0 Å². The molecular weight excluding hydrogens is 266 g/mol. The number of likely N-dealkylation sites (tertiary alicyclic amines) is 1. The summed E-state index contributed by atoms with van der Waals surface area (Å²) in [5, 5.41) is 22.6. The molecule has 1 aliphatic rings. The van der Waals surface area contributed by atoms with Gasteiger partial charge in [-0.05, 0) is 12.5 Å². The van der Waals surface area contributed by atoms with Crippen LogP contribution in [0.1, 0.15) is 16.8 Å². The zero-order chi connectivity index (χ0) is 14.9. The van der Waals surface area contributed by atoms with E-state index in [9.17, 15) is 19.7 Å². The van der Waals surface area contributed by atoms with Gasteiger partial charge in [0.25, 0.3) is 5.69 Å². The standard InChI is InChI=1S/C12H13N3O5/c1-14-5-4-9(11(14)16)13-10-6-7(15(19)20)2-3-8(10)12(17)18/h2-3,6,9,13H,4-5H2,1H3,(H,17,18). The van der Waals surface area contributed by atoms with Crippen molar-refractivity contribution < 1.29 is 19.6 Å². The van der Waals surface area contributed by atoms with Gasteiger partial charge in [-0.15, -0.1) is 0 Å². The van der Waals surface area contributed by atoms with Crippen molar-refractivity contribution in [3.63, 3.8) is 0 Å². The molecule has 1 unspecified atom stereocenters. The number of nitrogens with one attached hydrogen (secondary N) is 1. The first kappa shape index (κ1) is 13.8. The van der Waals surface area contributed by atoms with Crippen molar-refractivity contribution in [2.45, 2.75) is 12.5 Å². The quantitative estimate of drug-likeness (QED) is 0.626. The smallest absolute Gasteiger partial charge is 0.337 e. The van der Waals surface area contributed by atoms with Crippen LogP contribution in [0.4, 0.5) is 11.4 Å². The summed E-state index contributed by atoms with van der Waals surface area (Å²) in [6.07, 6.45) is 0.525. The van der Waals surface area contributed by atoms with Gasteiger partial charge in [0, 0.05) is 25.7 Å². The molecule has 0 radical (unpaired) electrons. The number of likely N-dealkylation sites (N-methyl/N-ethyl adjacent to an activating group) is 1. The molecule has 2 rings (SSSR count). The molecule has 0 bridgehead atoms. The van der Waals surface area contributed by atoms with Crippen LogP contribution in [0.25, 0.3) is 0 Å². The number of non-ortho nitro benzene ring substituents is 1. The molecule has 8 nitrogen and oxygen atoms in total. The second-order valence-electron chi connectivity index (χ2n) is 4.54. The topological polar surface area (TPSA) is 113 Å². The Morgan fingerprint density at radius 2 is 2.25 bits per heavy atom. The minimum absolute atomic E-state index is 0.0837. The third kappa shape index (κ3) is 2.53. The van der Waals surface area contributed by atoms with Gasteiger partial charge in [-0.1, -0.05) is 0 Å². The van der Waals surface area contributed by atoms with E-state index in [0.717, 1.165) is 18.2 Å². The number of nitrogens with zero attached hydrogens (tertiary/aromatic N) is 2. The Labute approximate surface area is 114 Å². The SMILES string of the molecule is CN1CCC(Nc2cc([N+](=O)[O-])ccc2C(=O)O)C1=O. The Balaban J connectivity index is 2.33. The number of carbonyl (C=O) groups is 2. The van der Waals surface area contributed by atoms with Crippen LogP contribution >= 0.6 is 0 Å². The third-order valence-corrected chi connectivity index (χ3v) is 3.20. The van der Waals surface area contributed by atoms with E-state index in [1.165, 1.54) is 4.90 Å². The molecule has 0 aromatic heterocycles. The number of nitro groups is 1. The Hall–Kier alpha value is -2.64. The van der Waals surface area contributed by atoms with Gasteiger partial charge < -0.3 is 15.3 Å². The summed E-state index contributed by atoms with van der Waals surface area (Å²) >= 11 is 0. The molecule has 0 aliphatic carbocycles. The molecule has 1 saturated heterocycles. The molecule has 1 atom stereocenters. The van der Waals surface area contributed by atoms with E-state index in [0.29, 0.717) is 13.0 Å². The summed E-state index contributed by atoms with van der Waals surface area (Å²) in [6, 6.07) is 2.86. The van der Waals surface area contributed by atoms with E-state index in [1.807, 2.05) is 0 Å². The van der Waals surface area contributed by atoms with Crippen molar-refractivity contribution in [2.75, 3.05) is 18.9 Å². The molecule has 1 aromatic rings. The Bertz CT molecular complexity index is 586. The Morgan fingerprint density at radius 1 is 1.55 bits per heavy atom. The fraction of sp³-hybridized carbons (Fsp3) is 0.333. The Kier molecular flexibility index (Phi) is 3.55. The van der Waals surface area contributed by atoms with Gasteiger partial charge in [0.2, 0.25) is 5.91 Å². The van der Waals surface area contributed by atoms with Crippen LogP contribution in [0, 0.1) is 10.1 Å². The molecule has 106 valence electrons. The number of rotatable bonds is 4. The predicted molar refractivity (Wildman–Crippen MR) is 69.7 cm³/mol. The van der Waals surface area contributed by atoms with Crippen LogP contribution in [0.5, 0.6) is 0 Å². The highest BCUT2D eigenvalue weighted by atomic mass is 16.6. The predicted octanol–water partition coefficient (Wildman–Crippen LogP) is 0.936. The van der Waals surface area contributed by atoms with Gasteiger partial charge in [-0.2, -0.15) is 0 Å². The fourth-order valence-electron chi connectivity index (χ4n) is 2.10. The molecule has 8 heteroatoms. The lowest BCUT2D eigenvalue weighted by molar-refractivity contribution is -0.384. The average Bonchev–Trinajstić information content (AvgIpc) is 2.70. The second kappa shape index (κ2) is 5.16. The van der Waals surface area contributed by atoms with Crippen LogP contribution in [0.3, 0.4) is 0 Å². The molecule has 1 aliphatic heterocycles. The Morgan fingerprint density at radius 3 is 2.75 bits per heavy atom. The van der Waals surface area contributed by atoms with E-state index in [2.05, 4.69) is 5.32 Å². The van der Waals surface area contributed by atoms with Crippen LogP contribution in [0.15, 0.2) is 18.2 Å².